The molecule has 7 heteroatoms. The normalized spacial score (nSPS) is 19.5. The van der Waals surface area contributed by atoms with Crippen molar-refractivity contribution < 1.29 is 9.47 Å². The molecule has 1 aliphatic heterocycles. The van der Waals surface area contributed by atoms with E-state index < -0.39 is 0 Å². The fourth-order valence-corrected chi connectivity index (χ4v) is 3.01. The highest BCUT2D eigenvalue weighted by atomic mass is 127. The van der Waals surface area contributed by atoms with Gasteiger partial charge in [0.2, 0.25) is 0 Å². The number of rotatable bonds is 7. The van der Waals surface area contributed by atoms with E-state index in [2.05, 4.69) is 30.7 Å². The number of hydrogen-bond acceptors (Lipinski definition) is 4. The predicted molar refractivity (Wildman–Crippen MR) is 102 cm³/mol. The van der Waals surface area contributed by atoms with E-state index in [4.69, 9.17) is 14.5 Å². The first-order valence-electron chi connectivity index (χ1n) is 7.32. The van der Waals surface area contributed by atoms with Crippen LogP contribution in [0, 0.1) is 0 Å². The third kappa shape index (κ3) is 7.90. The second-order valence-electron chi connectivity index (χ2n) is 5.20. The molecule has 1 heterocycles. The van der Waals surface area contributed by atoms with Gasteiger partial charge < -0.3 is 20.1 Å². The predicted octanol–water partition coefficient (Wildman–Crippen LogP) is 2.11. The summed E-state index contributed by atoms with van der Waals surface area (Å²) in [5, 5.41) is 6.67. The van der Waals surface area contributed by atoms with E-state index in [1.165, 1.54) is 0 Å². The van der Waals surface area contributed by atoms with Crippen molar-refractivity contribution >= 4 is 41.7 Å². The van der Waals surface area contributed by atoms with Crippen LogP contribution in [0.5, 0.6) is 0 Å². The molecule has 0 aromatic rings. The van der Waals surface area contributed by atoms with Crippen LogP contribution >= 0.6 is 35.7 Å². The second-order valence-corrected chi connectivity index (χ2v) is 6.47. The van der Waals surface area contributed by atoms with Crippen molar-refractivity contribution in [2.75, 3.05) is 46.3 Å². The van der Waals surface area contributed by atoms with Crippen LogP contribution in [0.15, 0.2) is 4.99 Å². The zero-order chi connectivity index (χ0) is 14.8. The summed E-state index contributed by atoms with van der Waals surface area (Å²) in [6.45, 7) is 8.23. The summed E-state index contributed by atoms with van der Waals surface area (Å²) in [4.78, 5) is 4.76. The minimum absolute atomic E-state index is 0. The molecule has 1 rings (SSSR count). The highest BCUT2D eigenvalue weighted by Gasteiger charge is 2.31. The smallest absolute Gasteiger partial charge is 0.191 e. The molecule has 0 saturated carbocycles. The van der Waals surface area contributed by atoms with Crippen molar-refractivity contribution in [3.05, 3.63) is 0 Å². The molecule has 1 fully saturated rings. The van der Waals surface area contributed by atoms with Crippen molar-refractivity contribution in [1.82, 2.24) is 10.6 Å². The average Bonchev–Trinajstić information content (AvgIpc) is 2.46. The molecule has 126 valence electrons. The minimum Gasteiger partial charge on any atom is -0.383 e. The summed E-state index contributed by atoms with van der Waals surface area (Å²) < 4.78 is 10.8. The fourth-order valence-electron chi connectivity index (χ4n) is 2.24. The van der Waals surface area contributed by atoms with Gasteiger partial charge in [0.1, 0.15) is 0 Å². The topological polar surface area (TPSA) is 54.9 Å². The molecule has 0 radical (unpaired) electrons. The lowest BCUT2D eigenvalue weighted by Gasteiger charge is -2.34. The zero-order valence-corrected chi connectivity index (χ0v) is 16.8. The van der Waals surface area contributed by atoms with E-state index in [9.17, 15) is 0 Å². The lowest BCUT2D eigenvalue weighted by molar-refractivity contribution is 0.0794. The van der Waals surface area contributed by atoms with E-state index >= 15 is 0 Å². The molecule has 2 N–H and O–H groups in total. The number of nitrogens with one attached hydrogen (secondary N) is 2. The third-order valence-corrected chi connectivity index (χ3v) is 4.91. The van der Waals surface area contributed by atoms with Crippen molar-refractivity contribution in [3.8, 4) is 0 Å². The van der Waals surface area contributed by atoms with Gasteiger partial charge in [-0.3, -0.25) is 4.99 Å². The molecule has 0 aromatic heterocycles. The van der Waals surface area contributed by atoms with Crippen molar-refractivity contribution in [1.29, 1.82) is 0 Å². The molecule has 1 unspecified atom stereocenters. The quantitative estimate of drug-likeness (QED) is 0.368. The summed E-state index contributed by atoms with van der Waals surface area (Å²) in [7, 11) is 1.72. The van der Waals surface area contributed by atoms with Gasteiger partial charge in [-0.05, 0) is 32.9 Å². The highest BCUT2D eigenvalue weighted by molar-refractivity contribution is 14.0. The van der Waals surface area contributed by atoms with Crippen LogP contribution in [0.25, 0.3) is 0 Å². The lowest BCUT2D eigenvalue weighted by atomic mass is 9.99. The zero-order valence-electron chi connectivity index (χ0n) is 13.6. The van der Waals surface area contributed by atoms with E-state index in [1.54, 1.807) is 7.11 Å². The number of thioether (sulfide) groups is 1. The lowest BCUT2D eigenvalue weighted by Crippen LogP contribution is -2.45. The van der Waals surface area contributed by atoms with Crippen LogP contribution in [0.2, 0.25) is 0 Å². The average molecular weight is 431 g/mol. The van der Waals surface area contributed by atoms with E-state index in [1.807, 2.05) is 11.8 Å². The number of hydrogen-bond donors (Lipinski definition) is 2. The highest BCUT2D eigenvalue weighted by Crippen LogP contribution is 2.33. The van der Waals surface area contributed by atoms with Crippen LogP contribution in [-0.2, 0) is 9.47 Å². The molecule has 0 spiro atoms. The number of guanidine groups is 1. The van der Waals surface area contributed by atoms with E-state index in [-0.39, 0.29) is 34.8 Å². The Bertz CT molecular complexity index is 300. The summed E-state index contributed by atoms with van der Waals surface area (Å²) in [5.74, 6) is 0.872. The van der Waals surface area contributed by atoms with Gasteiger partial charge in [-0.15, -0.1) is 24.0 Å². The third-order valence-electron chi connectivity index (χ3n) is 3.51. The van der Waals surface area contributed by atoms with Gasteiger partial charge in [0, 0.05) is 37.7 Å². The summed E-state index contributed by atoms with van der Waals surface area (Å²) in [5.41, 5.74) is 0. The largest absolute Gasteiger partial charge is 0.383 e. The molecule has 5 nitrogen and oxygen atoms in total. The Balaban J connectivity index is 0.00000400. The second kappa shape index (κ2) is 11.8. The number of ether oxygens (including phenoxy) is 2. The molecule has 0 aliphatic carbocycles. The SMILES string of the molecule is CCNC(=NCC1(SC)CCOCC1)NC(C)COC.I. The van der Waals surface area contributed by atoms with Gasteiger partial charge >= 0.3 is 0 Å². The van der Waals surface area contributed by atoms with Crippen LogP contribution in [-0.4, -0.2) is 63.0 Å². The minimum atomic E-state index is 0. The fraction of sp³-hybridized carbons (Fsp3) is 0.929. The van der Waals surface area contributed by atoms with Crippen LogP contribution in [0.3, 0.4) is 0 Å². The Morgan fingerprint density at radius 2 is 2.10 bits per heavy atom. The molecular weight excluding hydrogens is 401 g/mol. The first-order valence-corrected chi connectivity index (χ1v) is 8.55. The molecular formula is C14H30IN3O2S. The van der Waals surface area contributed by atoms with Crippen LogP contribution < -0.4 is 10.6 Å². The molecule has 0 bridgehead atoms. The number of aliphatic imine (C=N–C) groups is 1. The van der Waals surface area contributed by atoms with Gasteiger partial charge in [0.15, 0.2) is 5.96 Å². The van der Waals surface area contributed by atoms with Gasteiger partial charge in [-0.1, -0.05) is 0 Å². The monoisotopic (exact) mass is 431 g/mol. The Labute approximate surface area is 150 Å². The Hall–Kier alpha value is 0.270. The number of nitrogens with zero attached hydrogens (tertiary/aromatic N) is 1. The number of methoxy groups -OCH3 is 1. The van der Waals surface area contributed by atoms with Gasteiger partial charge in [0.05, 0.1) is 13.2 Å². The molecule has 0 amide bonds. The molecule has 1 saturated heterocycles. The van der Waals surface area contributed by atoms with Crippen molar-refractivity contribution in [3.63, 3.8) is 0 Å². The maximum absolute atomic E-state index is 5.47. The van der Waals surface area contributed by atoms with Crippen molar-refractivity contribution in [2.45, 2.75) is 37.5 Å². The Kier molecular flexibility index (Phi) is 11.9. The first kappa shape index (κ1) is 21.3. The van der Waals surface area contributed by atoms with Gasteiger partial charge in [-0.2, -0.15) is 11.8 Å². The summed E-state index contributed by atoms with van der Waals surface area (Å²) >= 11 is 1.92. The van der Waals surface area contributed by atoms with Crippen LogP contribution in [0.4, 0.5) is 0 Å². The van der Waals surface area contributed by atoms with Crippen LogP contribution in [0.1, 0.15) is 26.7 Å². The number of halogens is 1. The van der Waals surface area contributed by atoms with Crippen molar-refractivity contribution in [2.24, 2.45) is 4.99 Å². The Morgan fingerprint density at radius 3 is 2.62 bits per heavy atom. The molecule has 0 aromatic carbocycles. The molecule has 21 heavy (non-hydrogen) atoms. The van der Waals surface area contributed by atoms with E-state index in [0.29, 0.717) is 6.61 Å². The Morgan fingerprint density at radius 1 is 1.43 bits per heavy atom. The van der Waals surface area contributed by atoms with Gasteiger partial charge in [0.25, 0.3) is 0 Å². The van der Waals surface area contributed by atoms with Gasteiger partial charge in [-0.25, -0.2) is 0 Å². The first-order chi connectivity index (χ1) is 9.65. The summed E-state index contributed by atoms with van der Waals surface area (Å²) in [6.07, 6.45) is 4.32. The standard InChI is InChI=1S/C14H29N3O2S.HI/c1-5-15-13(17-12(2)10-18-3)16-11-14(20-4)6-8-19-9-7-14;/h12H,5-11H2,1-4H3,(H2,15,16,17);1H. The van der Waals surface area contributed by atoms with E-state index in [0.717, 1.165) is 45.1 Å². The maximum atomic E-state index is 5.47. The molecule has 1 atom stereocenters. The maximum Gasteiger partial charge on any atom is 0.191 e. The molecule has 1 aliphatic rings. The summed E-state index contributed by atoms with van der Waals surface area (Å²) in [6, 6.07) is 0.248.